The molecular formula is C21H23Cl2FN4O3. The molecule has 1 saturated heterocycles. The number of amides is 2. The van der Waals surface area contributed by atoms with Crippen molar-refractivity contribution < 1.29 is 18.7 Å². The van der Waals surface area contributed by atoms with Crippen molar-refractivity contribution in [1.82, 2.24) is 14.9 Å². The molecule has 2 aromatic heterocycles. The van der Waals surface area contributed by atoms with E-state index in [1.165, 1.54) is 18.3 Å². The molecule has 7 nitrogen and oxygen atoms in total. The minimum absolute atomic E-state index is 0.117. The van der Waals surface area contributed by atoms with E-state index in [1.54, 1.807) is 4.90 Å². The van der Waals surface area contributed by atoms with E-state index in [-0.39, 0.29) is 33.6 Å². The lowest BCUT2D eigenvalue weighted by molar-refractivity contribution is 0.0204. The number of anilines is 1. The van der Waals surface area contributed by atoms with Gasteiger partial charge in [0.1, 0.15) is 10.8 Å². The highest BCUT2D eigenvalue weighted by molar-refractivity contribution is 6.30. The standard InChI is InChI=1S/C21H23Cl2FN4O3/c1-21(2,3)31-20(30)28-8-5-12(6-9-28)17-15(11-14(24)18(23)27-17)26-19(29)13-4-7-25-16(22)10-13/h4,7,10-12H,5-6,8-9H2,1-3H3,(H,26,29). The Morgan fingerprint density at radius 3 is 2.52 bits per heavy atom. The van der Waals surface area contributed by atoms with Crippen LogP contribution in [0.1, 0.15) is 55.6 Å². The quantitative estimate of drug-likeness (QED) is 0.618. The van der Waals surface area contributed by atoms with Crippen LogP contribution in [-0.2, 0) is 4.74 Å². The highest BCUT2D eigenvalue weighted by Gasteiger charge is 2.30. The van der Waals surface area contributed by atoms with Gasteiger partial charge in [-0.05, 0) is 45.7 Å². The van der Waals surface area contributed by atoms with Crippen LogP contribution >= 0.6 is 23.2 Å². The van der Waals surface area contributed by atoms with Crippen molar-refractivity contribution in [3.8, 4) is 0 Å². The van der Waals surface area contributed by atoms with Crippen LogP contribution in [0.3, 0.4) is 0 Å². The van der Waals surface area contributed by atoms with Crippen LogP contribution in [0.5, 0.6) is 0 Å². The molecule has 0 unspecified atom stereocenters. The van der Waals surface area contributed by atoms with Gasteiger partial charge in [0.15, 0.2) is 11.0 Å². The first kappa shape index (κ1) is 23.2. The van der Waals surface area contributed by atoms with Gasteiger partial charge >= 0.3 is 6.09 Å². The van der Waals surface area contributed by atoms with E-state index in [0.717, 1.165) is 6.07 Å². The molecule has 0 bridgehead atoms. The Hall–Kier alpha value is -2.45. The van der Waals surface area contributed by atoms with Crippen molar-refractivity contribution in [2.24, 2.45) is 0 Å². The molecule has 1 aliphatic rings. The Morgan fingerprint density at radius 2 is 1.90 bits per heavy atom. The maximum Gasteiger partial charge on any atom is 0.410 e. The molecule has 0 saturated carbocycles. The van der Waals surface area contributed by atoms with Crippen LogP contribution in [-0.4, -0.2) is 45.6 Å². The number of halogens is 3. The highest BCUT2D eigenvalue weighted by atomic mass is 35.5. The summed E-state index contributed by atoms with van der Waals surface area (Å²) in [5.74, 6) is -1.33. The zero-order chi connectivity index (χ0) is 22.8. The molecule has 166 valence electrons. The summed E-state index contributed by atoms with van der Waals surface area (Å²) in [5, 5.41) is 2.59. The zero-order valence-electron chi connectivity index (χ0n) is 17.4. The molecule has 2 aromatic rings. The van der Waals surface area contributed by atoms with Crippen LogP contribution < -0.4 is 5.32 Å². The lowest BCUT2D eigenvalue weighted by atomic mass is 9.92. The number of carbonyl (C=O) groups is 2. The van der Waals surface area contributed by atoms with Gasteiger partial charge in [0.25, 0.3) is 5.91 Å². The smallest absolute Gasteiger partial charge is 0.410 e. The third kappa shape index (κ3) is 6.04. The molecule has 0 radical (unpaired) electrons. The lowest BCUT2D eigenvalue weighted by Crippen LogP contribution is -2.41. The SMILES string of the molecule is CC(C)(C)OC(=O)N1CCC(c2nc(Cl)c(F)cc2NC(=O)c2ccnc(Cl)c2)CC1. The molecule has 1 fully saturated rings. The van der Waals surface area contributed by atoms with Crippen LogP contribution in [0.15, 0.2) is 24.4 Å². The fourth-order valence-electron chi connectivity index (χ4n) is 3.29. The van der Waals surface area contributed by atoms with E-state index in [0.29, 0.717) is 31.6 Å². The number of hydrogen-bond acceptors (Lipinski definition) is 5. The van der Waals surface area contributed by atoms with Crippen molar-refractivity contribution in [1.29, 1.82) is 0 Å². The molecule has 3 heterocycles. The van der Waals surface area contributed by atoms with E-state index in [2.05, 4.69) is 15.3 Å². The number of rotatable bonds is 3. The second kappa shape index (κ2) is 9.36. The molecule has 1 aliphatic heterocycles. The number of aromatic nitrogens is 2. The second-order valence-electron chi connectivity index (χ2n) is 8.26. The van der Waals surface area contributed by atoms with E-state index in [9.17, 15) is 14.0 Å². The maximum atomic E-state index is 14.1. The van der Waals surface area contributed by atoms with Crippen LogP contribution in [0.4, 0.5) is 14.9 Å². The molecule has 0 aliphatic carbocycles. The Kier molecular flexibility index (Phi) is 7.01. The normalized spacial score (nSPS) is 15.0. The van der Waals surface area contributed by atoms with Crippen molar-refractivity contribution >= 4 is 40.9 Å². The lowest BCUT2D eigenvalue weighted by Gasteiger charge is -2.33. The van der Waals surface area contributed by atoms with Gasteiger partial charge < -0.3 is 15.0 Å². The zero-order valence-corrected chi connectivity index (χ0v) is 18.9. The predicted octanol–water partition coefficient (Wildman–Crippen LogP) is 5.29. The Morgan fingerprint density at radius 1 is 1.23 bits per heavy atom. The first-order valence-corrected chi connectivity index (χ1v) is 10.6. The van der Waals surface area contributed by atoms with Crippen molar-refractivity contribution in [3.63, 3.8) is 0 Å². The number of hydrogen-bond donors (Lipinski definition) is 1. The molecule has 0 atom stereocenters. The number of carbonyl (C=O) groups excluding carboxylic acids is 2. The third-order valence-electron chi connectivity index (χ3n) is 4.73. The topological polar surface area (TPSA) is 84.4 Å². The van der Waals surface area contributed by atoms with E-state index >= 15 is 0 Å². The summed E-state index contributed by atoms with van der Waals surface area (Å²) in [6, 6.07) is 4.07. The van der Waals surface area contributed by atoms with Gasteiger partial charge in [0.2, 0.25) is 0 Å². The average molecular weight is 469 g/mol. The Balaban J connectivity index is 1.77. The third-order valence-corrected chi connectivity index (χ3v) is 5.20. The van der Waals surface area contributed by atoms with Gasteiger partial charge in [0.05, 0.1) is 11.4 Å². The molecule has 2 amide bonds. The second-order valence-corrected chi connectivity index (χ2v) is 9.00. The monoisotopic (exact) mass is 468 g/mol. The summed E-state index contributed by atoms with van der Waals surface area (Å²) in [4.78, 5) is 34.6. The van der Waals surface area contributed by atoms with Gasteiger partial charge in [-0.25, -0.2) is 19.2 Å². The van der Waals surface area contributed by atoms with Crippen molar-refractivity contribution in [2.45, 2.75) is 45.1 Å². The van der Waals surface area contributed by atoms with E-state index in [1.807, 2.05) is 20.8 Å². The van der Waals surface area contributed by atoms with E-state index < -0.39 is 17.3 Å². The Labute approximate surface area is 189 Å². The number of pyridine rings is 2. The summed E-state index contributed by atoms with van der Waals surface area (Å²) in [7, 11) is 0. The number of nitrogens with zero attached hydrogens (tertiary/aromatic N) is 3. The van der Waals surface area contributed by atoms with Crippen molar-refractivity contribution in [2.75, 3.05) is 18.4 Å². The van der Waals surface area contributed by atoms with Gasteiger partial charge in [0, 0.05) is 36.8 Å². The largest absolute Gasteiger partial charge is 0.444 e. The van der Waals surface area contributed by atoms with Crippen LogP contribution in [0.25, 0.3) is 0 Å². The summed E-state index contributed by atoms with van der Waals surface area (Å²) >= 11 is 11.8. The summed E-state index contributed by atoms with van der Waals surface area (Å²) in [6.07, 6.45) is 2.17. The summed E-state index contributed by atoms with van der Waals surface area (Å²) in [5.41, 5.74) is 0.410. The molecule has 1 N–H and O–H groups in total. The highest BCUT2D eigenvalue weighted by Crippen LogP contribution is 2.34. The molecule has 10 heteroatoms. The molecule has 0 spiro atoms. The van der Waals surface area contributed by atoms with Crippen LogP contribution in [0.2, 0.25) is 10.3 Å². The number of likely N-dealkylation sites (tertiary alicyclic amines) is 1. The van der Waals surface area contributed by atoms with Gasteiger partial charge in [-0.3, -0.25) is 4.79 Å². The summed E-state index contributed by atoms with van der Waals surface area (Å²) < 4.78 is 19.5. The van der Waals surface area contributed by atoms with Crippen LogP contribution in [0, 0.1) is 5.82 Å². The molecule has 0 aromatic carbocycles. The number of piperidine rings is 1. The molecular weight excluding hydrogens is 446 g/mol. The summed E-state index contributed by atoms with van der Waals surface area (Å²) in [6.45, 7) is 6.33. The fourth-order valence-corrected chi connectivity index (χ4v) is 3.61. The molecule has 31 heavy (non-hydrogen) atoms. The first-order valence-electron chi connectivity index (χ1n) is 9.80. The first-order chi connectivity index (χ1) is 14.5. The molecule has 3 rings (SSSR count). The van der Waals surface area contributed by atoms with E-state index in [4.69, 9.17) is 27.9 Å². The Bertz CT molecular complexity index is 989. The van der Waals surface area contributed by atoms with Gasteiger partial charge in [-0.2, -0.15) is 0 Å². The van der Waals surface area contributed by atoms with Crippen molar-refractivity contribution in [3.05, 3.63) is 51.8 Å². The number of nitrogens with one attached hydrogen (secondary N) is 1. The fraction of sp³-hybridized carbons (Fsp3) is 0.429. The number of ether oxygens (including phenoxy) is 1. The maximum absolute atomic E-state index is 14.1. The average Bonchev–Trinajstić information content (AvgIpc) is 2.69. The van der Waals surface area contributed by atoms with Gasteiger partial charge in [-0.1, -0.05) is 23.2 Å². The predicted molar refractivity (Wildman–Crippen MR) is 116 cm³/mol. The minimum Gasteiger partial charge on any atom is -0.444 e. The minimum atomic E-state index is -0.736. The van der Waals surface area contributed by atoms with Gasteiger partial charge in [-0.15, -0.1) is 0 Å².